The highest BCUT2D eigenvalue weighted by Gasteiger charge is 2.11. The van der Waals surface area contributed by atoms with Crippen molar-refractivity contribution in [3.05, 3.63) is 24.0 Å². The molecule has 0 fully saturated rings. The Morgan fingerprint density at radius 2 is 2.31 bits per heavy atom. The molecule has 0 radical (unpaired) electrons. The standard InChI is InChI=1S/C11H14FN3O/c1-7(16-2)6-15-10-4-3-8(12)5-9(10)14-11(15)13/h3-5,7H,6H2,1-2H3,(H2,13,14). The fraction of sp³-hybridized carbons (Fsp3) is 0.364. The van der Waals surface area contributed by atoms with E-state index in [9.17, 15) is 4.39 Å². The van der Waals surface area contributed by atoms with Gasteiger partial charge in [0.1, 0.15) is 5.82 Å². The molecule has 0 amide bonds. The maximum atomic E-state index is 13.0. The molecule has 0 aliphatic rings. The first-order chi connectivity index (χ1) is 7.61. The number of ether oxygens (including phenoxy) is 1. The summed E-state index contributed by atoms with van der Waals surface area (Å²) in [6, 6.07) is 4.45. The van der Waals surface area contributed by atoms with E-state index in [1.54, 1.807) is 13.2 Å². The molecule has 0 spiro atoms. The molecule has 1 heterocycles. The summed E-state index contributed by atoms with van der Waals surface area (Å²) < 4.78 is 20.0. The van der Waals surface area contributed by atoms with Crippen molar-refractivity contribution in [2.45, 2.75) is 19.6 Å². The molecule has 0 aliphatic carbocycles. The lowest BCUT2D eigenvalue weighted by Crippen LogP contribution is -2.16. The second-order valence-electron chi connectivity index (χ2n) is 3.76. The fourth-order valence-corrected chi connectivity index (χ4v) is 1.65. The van der Waals surface area contributed by atoms with Gasteiger partial charge in [-0.15, -0.1) is 0 Å². The zero-order valence-electron chi connectivity index (χ0n) is 9.27. The maximum Gasteiger partial charge on any atom is 0.201 e. The van der Waals surface area contributed by atoms with Crippen molar-refractivity contribution >= 4 is 17.0 Å². The third-order valence-electron chi connectivity index (χ3n) is 2.58. The van der Waals surface area contributed by atoms with Crippen LogP contribution >= 0.6 is 0 Å². The second kappa shape index (κ2) is 4.09. The summed E-state index contributed by atoms with van der Waals surface area (Å²) >= 11 is 0. The van der Waals surface area contributed by atoms with Crippen LogP contribution in [0.2, 0.25) is 0 Å². The Labute approximate surface area is 92.8 Å². The van der Waals surface area contributed by atoms with E-state index < -0.39 is 0 Å². The van der Waals surface area contributed by atoms with Gasteiger partial charge in [-0.1, -0.05) is 0 Å². The summed E-state index contributed by atoms with van der Waals surface area (Å²) in [6.45, 7) is 2.54. The van der Waals surface area contributed by atoms with E-state index in [1.807, 2.05) is 11.5 Å². The smallest absolute Gasteiger partial charge is 0.201 e. The molecule has 1 aromatic carbocycles. The number of halogens is 1. The van der Waals surface area contributed by atoms with E-state index in [2.05, 4.69) is 4.98 Å². The van der Waals surface area contributed by atoms with Crippen LogP contribution in [0.3, 0.4) is 0 Å². The van der Waals surface area contributed by atoms with Gasteiger partial charge in [-0.05, 0) is 19.1 Å². The van der Waals surface area contributed by atoms with Gasteiger partial charge in [0.05, 0.1) is 23.7 Å². The SMILES string of the molecule is COC(C)Cn1c(N)nc2cc(F)ccc21. The van der Waals surface area contributed by atoms with Gasteiger partial charge in [-0.25, -0.2) is 9.37 Å². The van der Waals surface area contributed by atoms with Crippen LogP contribution < -0.4 is 5.73 Å². The minimum Gasteiger partial charge on any atom is -0.380 e. The Hall–Kier alpha value is -1.62. The third-order valence-corrected chi connectivity index (χ3v) is 2.58. The first kappa shape index (κ1) is 10.9. The minimum atomic E-state index is -0.308. The fourth-order valence-electron chi connectivity index (χ4n) is 1.65. The topological polar surface area (TPSA) is 53.1 Å². The van der Waals surface area contributed by atoms with Gasteiger partial charge in [0.15, 0.2) is 0 Å². The van der Waals surface area contributed by atoms with E-state index in [-0.39, 0.29) is 11.9 Å². The Morgan fingerprint density at radius 1 is 1.56 bits per heavy atom. The van der Waals surface area contributed by atoms with E-state index >= 15 is 0 Å². The summed E-state index contributed by atoms with van der Waals surface area (Å²) in [5.41, 5.74) is 7.17. The van der Waals surface area contributed by atoms with Crippen molar-refractivity contribution in [2.75, 3.05) is 12.8 Å². The first-order valence-corrected chi connectivity index (χ1v) is 5.06. The van der Waals surface area contributed by atoms with E-state index in [4.69, 9.17) is 10.5 Å². The molecule has 1 aromatic heterocycles. The lowest BCUT2D eigenvalue weighted by molar-refractivity contribution is 0.105. The van der Waals surface area contributed by atoms with Gasteiger partial charge in [0, 0.05) is 13.2 Å². The molecule has 0 bridgehead atoms. The molecule has 0 saturated heterocycles. The molecule has 4 nitrogen and oxygen atoms in total. The summed E-state index contributed by atoms with van der Waals surface area (Å²) in [7, 11) is 1.64. The van der Waals surface area contributed by atoms with Crippen molar-refractivity contribution in [1.82, 2.24) is 9.55 Å². The van der Waals surface area contributed by atoms with Crippen LogP contribution in [0.5, 0.6) is 0 Å². The highest BCUT2D eigenvalue weighted by molar-refractivity contribution is 5.78. The van der Waals surface area contributed by atoms with Gasteiger partial charge in [-0.3, -0.25) is 0 Å². The summed E-state index contributed by atoms with van der Waals surface area (Å²) in [6.07, 6.45) is 0.0322. The summed E-state index contributed by atoms with van der Waals surface area (Å²) in [4.78, 5) is 4.11. The number of nitrogen functional groups attached to an aromatic ring is 1. The number of methoxy groups -OCH3 is 1. The van der Waals surface area contributed by atoms with Crippen molar-refractivity contribution in [3.8, 4) is 0 Å². The van der Waals surface area contributed by atoms with Crippen LogP contribution in [-0.2, 0) is 11.3 Å². The maximum absolute atomic E-state index is 13.0. The number of fused-ring (bicyclic) bond motifs is 1. The number of hydrogen-bond donors (Lipinski definition) is 1. The minimum absolute atomic E-state index is 0.0322. The van der Waals surface area contributed by atoms with E-state index in [0.29, 0.717) is 18.0 Å². The normalized spacial score (nSPS) is 13.2. The lowest BCUT2D eigenvalue weighted by Gasteiger charge is -2.12. The van der Waals surface area contributed by atoms with Crippen LogP contribution in [0.1, 0.15) is 6.92 Å². The molecule has 1 atom stereocenters. The Bertz CT molecular complexity index is 509. The number of nitrogens with zero attached hydrogens (tertiary/aromatic N) is 2. The number of benzene rings is 1. The Balaban J connectivity index is 2.47. The summed E-state index contributed by atoms with van der Waals surface area (Å²) in [5, 5.41) is 0. The Morgan fingerprint density at radius 3 is 3.00 bits per heavy atom. The molecule has 5 heteroatoms. The quantitative estimate of drug-likeness (QED) is 0.863. The van der Waals surface area contributed by atoms with Gasteiger partial charge >= 0.3 is 0 Å². The molecule has 0 saturated carbocycles. The molecule has 2 rings (SSSR count). The predicted molar refractivity (Wildman–Crippen MR) is 60.6 cm³/mol. The third kappa shape index (κ3) is 1.86. The number of rotatable bonds is 3. The lowest BCUT2D eigenvalue weighted by atomic mass is 10.3. The van der Waals surface area contributed by atoms with E-state index in [1.165, 1.54) is 12.1 Å². The molecule has 2 N–H and O–H groups in total. The molecule has 0 aliphatic heterocycles. The average molecular weight is 223 g/mol. The van der Waals surface area contributed by atoms with Gasteiger partial charge in [-0.2, -0.15) is 0 Å². The zero-order valence-corrected chi connectivity index (χ0v) is 9.27. The number of anilines is 1. The highest BCUT2D eigenvalue weighted by Crippen LogP contribution is 2.19. The van der Waals surface area contributed by atoms with Gasteiger partial charge in [0.2, 0.25) is 5.95 Å². The number of nitrogens with two attached hydrogens (primary N) is 1. The number of imidazole rings is 1. The van der Waals surface area contributed by atoms with Crippen LogP contribution in [0.15, 0.2) is 18.2 Å². The number of hydrogen-bond acceptors (Lipinski definition) is 3. The first-order valence-electron chi connectivity index (χ1n) is 5.06. The largest absolute Gasteiger partial charge is 0.380 e. The molecule has 2 aromatic rings. The summed E-state index contributed by atoms with van der Waals surface area (Å²) in [5.74, 6) is 0.0708. The average Bonchev–Trinajstić information content (AvgIpc) is 2.54. The van der Waals surface area contributed by atoms with Gasteiger partial charge in [0.25, 0.3) is 0 Å². The van der Waals surface area contributed by atoms with Crippen molar-refractivity contribution in [3.63, 3.8) is 0 Å². The van der Waals surface area contributed by atoms with Crippen molar-refractivity contribution in [1.29, 1.82) is 0 Å². The van der Waals surface area contributed by atoms with Crippen LogP contribution in [0.25, 0.3) is 11.0 Å². The molecule has 86 valence electrons. The van der Waals surface area contributed by atoms with Crippen molar-refractivity contribution in [2.24, 2.45) is 0 Å². The predicted octanol–water partition coefficient (Wildman–Crippen LogP) is 1.79. The van der Waals surface area contributed by atoms with E-state index in [0.717, 1.165) is 5.52 Å². The molecule has 1 unspecified atom stereocenters. The second-order valence-corrected chi connectivity index (χ2v) is 3.76. The van der Waals surface area contributed by atoms with Crippen LogP contribution in [-0.4, -0.2) is 22.8 Å². The monoisotopic (exact) mass is 223 g/mol. The zero-order chi connectivity index (χ0) is 11.7. The van der Waals surface area contributed by atoms with Crippen molar-refractivity contribution < 1.29 is 9.13 Å². The highest BCUT2D eigenvalue weighted by atomic mass is 19.1. The molecular formula is C11H14FN3O. The van der Waals surface area contributed by atoms with Crippen LogP contribution in [0.4, 0.5) is 10.3 Å². The Kier molecular flexibility index (Phi) is 2.78. The number of aromatic nitrogens is 2. The van der Waals surface area contributed by atoms with Crippen LogP contribution in [0, 0.1) is 5.82 Å². The van der Waals surface area contributed by atoms with Gasteiger partial charge < -0.3 is 15.0 Å². The molecular weight excluding hydrogens is 209 g/mol. The molecule has 16 heavy (non-hydrogen) atoms.